The summed E-state index contributed by atoms with van der Waals surface area (Å²) in [7, 11) is 1.87. The van der Waals surface area contributed by atoms with Gasteiger partial charge < -0.3 is 9.80 Å². The van der Waals surface area contributed by atoms with Gasteiger partial charge in [0.15, 0.2) is 5.65 Å². The van der Waals surface area contributed by atoms with Crippen LogP contribution in [0.15, 0.2) is 41.7 Å². The van der Waals surface area contributed by atoms with Gasteiger partial charge in [-0.25, -0.2) is 9.97 Å². The number of rotatable bonds is 3. The number of fused-ring (bicyclic) bond motifs is 1. The van der Waals surface area contributed by atoms with E-state index in [0.717, 1.165) is 40.4 Å². The van der Waals surface area contributed by atoms with Crippen LogP contribution in [0.5, 0.6) is 0 Å². The van der Waals surface area contributed by atoms with Gasteiger partial charge in [0.25, 0.3) is 5.91 Å². The number of benzene rings is 1. The molecule has 1 aliphatic heterocycles. The minimum absolute atomic E-state index is 0.101. The second-order valence-electron chi connectivity index (χ2n) is 6.18. The number of carbonyl (C=O) groups is 1. The molecule has 0 unspecified atom stereocenters. The fraction of sp³-hybridized carbons (Fsp3) is 0.333. The summed E-state index contributed by atoms with van der Waals surface area (Å²) in [6.07, 6.45) is 5.38. The molecular formula is C18H20N6OS. The van der Waals surface area contributed by atoms with Crippen LogP contribution in [0, 0.1) is 0 Å². The Kier molecular flexibility index (Phi) is 4.50. The third-order valence-corrected chi connectivity index (χ3v) is 5.51. The van der Waals surface area contributed by atoms with Crippen LogP contribution < -0.4 is 4.90 Å². The van der Waals surface area contributed by atoms with Crippen LogP contribution in [0.1, 0.15) is 10.4 Å². The molecular weight excluding hydrogens is 348 g/mol. The Balaban J connectivity index is 1.51. The van der Waals surface area contributed by atoms with Gasteiger partial charge in [0, 0.05) is 38.1 Å². The summed E-state index contributed by atoms with van der Waals surface area (Å²) < 4.78 is 1.75. The third-order valence-electron chi connectivity index (χ3n) is 4.71. The van der Waals surface area contributed by atoms with Crippen molar-refractivity contribution in [2.75, 3.05) is 37.3 Å². The molecule has 0 saturated carbocycles. The summed E-state index contributed by atoms with van der Waals surface area (Å²) in [5, 5.41) is 5.22. The maximum Gasteiger partial charge on any atom is 0.255 e. The molecule has 1 amide bonds. The van der Waals surface area contributed by atoms with E-state index in [1.807, 2.05) is 42.5 Å². The van der Waals surface area contributed by atoms with Gasteiger partial charge in [-0.1, -0.05) is 12.1 Å². The van der Waals surface area contributed by atoms with E-state index in [-0.39, 0.29) is 5.91 Å². The first-order chi connectivity index (χ1) is 12.7. The van der Waals surface area contributed by atoms with Gasteiger partial charge in [0.2, 0.25) is 0 Å². The minimum atomic E-state index is 0.101. The van der Waals surface area contributed by atoms with Gasteiger partial charge in [-0.15, -0.1) is 11.8 Å². The largest absolute Gasteiger partial charge is 0.352 e. The average molecular weight is 368 g/mol. The van der Waals surface area contributed by atoms with E-state index in [1.54, 1.807) is 29.0 Å². The SMILES string of the molecule is CSc1ccccc1C(=O)N1CCN(c2ncnc3c2cnn3C)CC1. The number of nitrogens with zero attached hydrogens (tertiary/aromatic N) is 6. The molecule has 134 valence electrons. The molecule has 0 atom stereocenters. The zero-order chi connectivity index (χ0) is 18.1. The molecule has 26 heavy (non-hydrogen) atoms. The lowest BCUT2D eigenvalue weighted by Crippen LogP contribution is -2.49. The second-order valence-corrected chi connectivity index (χ2v) is 7.03. The van der Waals surface area contributed by atoms with E-state index in [9.17, 15) is 4.79 Å². The van der Waals surface area contributed by atoms with Crippen LogP contribution in [0.25, 0.3) is 11.0 Å². The number of piperazine rings is 1. The van der Waals surface area contributed by atoms with Gasteiger partial charge in [-0.3, -0.25) is 9.48 Å². The zero-order valence-electron chi connectivity index (χ0n) is 14.8. The Hall–Kier alpha value is -2.61. The molecule has 0 spiro atoms. The summed E-state index contributed by atoms with van der Waals surface area (Å²) in [5.41, 5.74) is 1.60. The van der Waals surface area contributed by atoms with Crippen molar-refractivity contribution in [1.29, 1.82) is 0 Å². The van der Waals surface area contributed by atoms with Crippen molar-refractivity contribution >= 4 is 34.5 Å². The molecule has 0 N–H and O–H groups in total. The summed E-state index contributed by atoms with van der Waals surface area (Å²) in [6.45, 7) is 2.84. The topological polar surface area (TPSA) is 67.2 Å². The Morgan fingerprint density at radius 2 is 1.88 bits per heavy atom. The molecule has 3 heterocycles. The van der Waals surface area contributed by atoms with Crippen molar-refractivity contribution in [3.8, 4) is 0 Å². The van der Waals surface area contributed by atoms with Crippen molar-refractivity contribution in [2.24, 2.45) is 7.05 Å². The van der Waals surface area contributed by atoms with E-state index in [0.29, 0.717) is 13.1 Å². The summed E-state index contributed by atoms with van der Waals surface area (Å²) in [4.78, 5) is 26.8. The molecule has 4 rings (SSSR count). The highest BCUT2D eigenvalue weighted by atomic mass is 32.2. The molecule has 0 radical (unpaired) electrons. The zero-order valence-corrected chi connectivity index (χ0v) is 15.6. The predicted molar refractivity (Wildman–Crippen MR) is 103 cm³/mol. The van der Waals surface area contributed by atoms with Crippen LogP contribution >= 0.6 is 11.8 Å². The molecule has 7 nitrogen and oxygen atoms in total. The van der Waals surface area contributed by atoms with Gasteiger partial charge in [0.1, 0.15) is 12.1 Å². The van der Waals surface area contributed by atoms with Crippen LogP contribution in [0.2, 0.25) is 0 Å². The van der Waals surface area contributed by atoms with Crippen molar-refractivity contribution in [3.63, 3.8) is 0 Å². The van der Waals surface area contributed by atoms with Gasteiger partial charge in [-0.05, 0) is 18.4 Å². The fourth-order valence-electron chi connectivity index (χ4n) is 3.31. The number of hydrogen-bond acceptors (Lipinski definition) is 6. The van der Waals surface area contributed by atoms with Crippen LogP contribution in [-0.2, 0) is 7.05 Å². The van der Waals surface area contributed by atoms with Gasteiger partial charge in [-0.2, -0.15) is 5.10 Å². The van der Waals surface area contributed by atoms with Crippen molar-refractivity contribution in [3.05, 3.63) is 42.4 Å². The number of carbonyl (C=O) groups excluding carboxylic acids is 1. The third kappa shape index (κ3) is 2.90. The summed E-state index contributed by atoms with van der Waals surface area (Å²) in [6, 6.07) is 7.79. The van der Waals surface area contributed by atoms with Crippen molar-refractivity contribution in [2.45, 2.75) is 4.90 Å². The Bertz CT molecular complexity index is 948. The number of amides is 1. The highest BCUT2D eigenvalue weighted by Gasteiger charge is 2.25. The lowest BCUT2D eigenvalue weighted by atomic mass is 10.1. The molecule has 1 aliphatic rings. The Labute approximate surface area is 156 Å². The number of aromatic nitrogens is 4. The van der Waals surface area contributed by atoms with Crippen LogP contribution in [0.4, 0.5) is 5.82 Å². The molecule has 1 saturated heterocycles. The fourth-order valence-corrected chi connectivity index (χ4v) is 3.90. The van der Waals surface area contributed by atoms with Crippen LogP contribution in [-0.4, -0.2) is 63.0 Å². The quantitative estimate of drug-likeness (QED) is 0.659. The average Bonchev–Trinajstić information content (AvgIpc) is 3.09. The highest BCUT2D eigenvalue weighted by molar-refractivity contribution is 7.98. The van der Waals surface area contributed by atoms with E-state index in [1.165, 1.54) is 0 Å². The molecule has 8 heteroatoms. The molecule has 2 aromatic heterocycles. The van der Waals surface area contributed by atoms with Gasteiger partial charge >= 0.3 is 0 Å². The first-order valence-electron chi connectivity index (χ1n) is 8.49. The monoisotopic (exact) mass is 368 g/mol. The lowest BCUT2D eigenvalue weighted by molar-refractivity contribution is 0.0743. The highest BCUT2D eigenvalue weighted by Crippen LogP contribution is 2.25. The summed E-state index contributed by atoms with van der Waals surface area (Å²) in [5.74, 6) is 0.989. The van der Waals surface area contributed by atoms with E-state index < -0.39 is 0 Å². The van der Waals surface area contributed by atoms with Crippen molar-refractivity contribution in [1.82, 2.24) is 24.6 Å². The number of aryl methyl sites for hydroxylation is 1. The minimum Gasteiger partial charge on any atom is -0.352 e. The maximum atomic E-state index is 12.9. The Morgan fingerprint density at radius 3 is 2.65 bits per heavy atom. The Morgan fingerprint density at radius 1 is 1.12 bits per heavy atom. The number of hydrogen-bond donors (Lipinski definition) is 0. The van der Waals surface area contributed by atoms with E-state index >= 15 is 0 Å². The first-order valence-corrected chi connectivity index (χ1v) is 9.71. The smallest absolute Gasteiger partial charge is 0.255 e. The predicted octanol–water partition coefficient (Wildman–Crippen LogP) is 2.05. The summed E-state index contributed by atoms with van der Waals surface area (Å²) >= 11 is 1.60. The van der Waals surface area contributed by atoms with E-state index in [4.69, 9.17) is 0 Å². The lowest BCUT2D eigenvalue weighted by Gasteiger charge is -2.35. The molecule has 0 aliphatic carbocycles. The number of thioether (sulfide) groups is 1. The maximum absolute atomic E-state index is 12.9. The molecule has 0 bridgehead atoms. The van der Waals surface area contributed by atoms with E-state index in [2.05, 4.69) is 20.0 Å². The normalized spacial score (nSPS) is 14.8. The van der Waals surface area contributed by atoms with Crippen LogP contribution in [0.3, 0.4) is 0 Å². The van der Waals surface area contributed by atoms with Gasteiger partial charge in [0.05, 0.1) is 17.1 Å². The molecule has 3 aromatic rings. The molecule has 1 aromatic carbocycles. The standard InChI is InChI=1S/C18H20N6OS/c1-22-16-14(11-21-22)17(20-12-19-16)23-7-9-24(10-8-23)18(25)13-5-3-4-6-15(13)26-2/h3-6,11-12H,7-10H2,1-2H3. The second kappa shape index (κ2) is 6.95. The van der Waals surface area contributed by atoms with Crippen molar-refractivity contribution < 1.29 is 4.79 Å². The number of anilines is 1. The molecule has 1 fully saturated rings. The first kappa shape index (κ1) is 16.8.